The lowest BCUT2D eigenvalue weighted by Gasteiger charge is -2.44. The Kier molecular flexibility index (Phi) is 5.28. The maximum Gasteiger partial charge on any atom is 0.125 e. The minimum atomic E-state index is -0.320. The number of piperazine rings is 1. The van der Waals surface area contributed by atoms with Crippen molar-refractivity contribution in [2.75, 3.05) is 32.8 Å². The number of halogens is 2. The number of nitrogens with zero attached hydrogens (tertiary/aromatic N) is 1. The Morgan fingerprint density at radius 2 is 1.96 bits per heavy atom. The number of nitrogens with one attached hydrogen (secondary N) is 1. The summed E-state index contributed by atoms with van der Waals surface area (Å²) in [6.45, 7) is 5.02. The quantitative estimate of drug-likeness (QED) is 0.862. The molecule has 0 unspecified atom stereocenters. The van der Waals surface area contributed by atoms with Gasteiger partial charge >= 0.3 is 0 Å². The maximum atomic E-state index is 13.6. The summed E-state index contributed by atoms with van der Waals surface area (Å²) in [4.78, 5) is 2.56. The first kappa shape index (κ1) is 17.9. The van der Waals surface area contributed by atoms with Crippen molar-refractivity contribution < 1.29 is 9.13 Å². The number of fused-ring (bicyclic) bond motifs is 1. The fourth-order valence-corrected chi connectivity index (χ4v) is 4.61. The molecule has 1 heterocycles. The van der Waals surface area contributed by atoms with Crippen LogP contribution >= 0.6 is 11.6 Å². The molecule has 1 atom stereocenters. The van der Waals surface area contributed by atoms with E-state index in [1.165, 1.54) is 23.3 Å². The van der Waals surface area contributed by atoms with E-state index in [0.29, 0.717) is 18.2 Å². The predicted molar refractivity (Wildman–Crippen MR) is 102 cm³/mol. The van der Waals surface area contributed by atoms with Crippen molar-refractivity contribution in [3.63, 3.8) is 0 Å². The number of benzene rings is 2. The number of ether oxygens (including phenoxy) is 1. The highest BCUT2D eigenvalue weighted by Gasteiger charge is 2.44. The molecule has 0 aromatic heterocycles. The molecular weight excluding hydrogens is 351 g/mol. The number of hydrogen-bond acceptors (Lipinski definition) is 3. The molecule has 1 N–H and O–H groups in total. The molecule has 5 heteroatoms. The van der Waals surface area contributed by atoms with Crippen LogP contribution in [0.2, 0.25) is 5.02 Å². The third-order valence-corrected chi connectivity index (χ3v) is 5.80. The molecule has 4 rings (SSSR count). The van der Waals surface area contributed by atoms with Gasteiger partial charge in [-0.05, 0) is 47.7 Å². The third kappa shape index (κ3) is 3.52. The average Bonchev–Trinajstić information content (AvgIpc) is 3.02. The van der Waals surface area contributed by atoms with Crippen molar-refractivity contribution >= 4 is 11.6 Å². The zero-order chi connectivity index (χ0) is 18.0. The van der Waals surface area contributed by atoms with Crippen LogP contribution in [-0.2, 0) is 23.3 Å². The van der Waals surface area contributed by atoms with E-state index in [-0.39, 0.29) is 11.4 Å². The van der Waals surface area contributed by atoms with Gasteiger partial charge in [-0.2, -0.15) is 0 Å². The Morgan fingerprint density at radius 1 is 1.15 bits per heavy atom. The predicted octanol–water partition coefficient (Wildman–Crippen LogP) is 3.74. The van der Waals surface area contributed by atoms with Gasteiger partial charge in [-0.25, -0.2) is 4.39 Å². The van der Waals surface area contributed by atoms with E-state index in [4.69, 9.17) is 16.3 Å². The highest BCUT2D eigenvalue weighted by atomic mass is 35.5. The van der Waals surface area contributed by atoms with E-state index in [0.717, 1.165) is 44.6 Å². The molecule has 0 radical (unpaired) electrons. The molecule has 1 aliphatic carbocycles. The van der Waals surface area contributed by atoms with Crippen molar-refractivity contribution in [1.82, 2.24) is 10.2 Å². The number of hydrogen-bond donors (Lipinski definition) is 1. The molecule has 1 aliphatic heterocycles. The van der Waals surface area contributed by atoms with Gasteiger partial charge in [-0.15, -0.1) is 0 Å². The van der Waals surface area contributed by atoms with Gasteiger partial charge in [0.15, 0.2) is 0 Å². The zero-order valence-electron chi connectivity index (χ0n) is 14.8. The van der Waals surface area contributed by atoms with Crippen LogP contribution in [0.15, 0.2) is 42.5 Å². The van der Waals surface area contributed by atoms with Gasteiger partial charge in [0.2, 0.25) is 0 Å². The van der Waals surface area contributed by atoms with Crippen LogP contribution in [-0.4, -0.2) is 37.7 Å². The molecule has 26 heavy (non-hydrogen) atoms. The summed E-state index contributed by atoms with van der Waals surface area (Å²) in [6, 6.07) is 13.3. The summed E-state index contributed by atoms with van der Waals surface area (Å²) in [5.41, 5.74) is 3.50. The summed E-state index contributed by atoms with van der Waals surface area (Å²) in [7, 11) is 0. The standard InChI is InChI=1S/C21H24ClFN2O/c22-18-11-16(12-19(23)13-18)14-26-15-21(25-9-7-24-8-10-25)6-5-17-3-1-2-4-20(17)21/h1-4,11-13,24H,5-10,14-15H2/t21-/m1/s1. The van der Waals surface area contributed by atoms with E-state index >= 15 is 0 Å². The van der Waals surface area contributed by atoms with Crippen molar-refractivity contribution in [3.05, 3.63) is 70.0 Å². The summed E-state index contributed by atoms with van der Waals surface area (Å²) in [5.74, 6) is -0.320. The smallest absolute Gasteiger partial charge is 0.125 e. The lowest BCUT2D eigenvalue weighted by atomic mass is 9.89. The van der Waals surface area contributed by atoms with Crippen LogP contribution < -0.4 is 5.32 Å². The van der Waals surface area contributed by atoms with Gasteiger partial charge in [0.05, 0.1) is 18.8 Å². The Hall–Kier alpha value is -1.46. The molecule has 2 aliphatic rings. The van der Waals surface area contributed by atoms with Crippen molar-refractivity contribution in [3.8, 4) is 0 Å². The first-order valence-electron chi connectivity index (χ1n) is 9.24. The normalized spacial score (nSPS) is 23.2. The minimum Gasteiger partial charge on any atom is -0.374 e. The second-order valence-electron chi connectivity index (χ2n) is 7.20. The molecule has 1 saturated heterocycles. The SMILES string of the molecule is Fc1cc(Cl)cc(COC[C@]2(N3CCNCC3)CCc3ccccc32)c1. The average molecular weight is 375 g/mol. The lowest BCUT2D eigenvalue weighted by Crippen LogP contribution is -2.55. The first-order valence-corrected chi connectivity index (χ1v) is 9.62. The van der Waals surface area contributed by atoms with Crippen LogP contribution in [0.3, 0.4) is 0 Å². The molecule has 0 bridgehead atoms. The highest BCUT2D eigenvalue weighted by molar-refractivity contribution is 6.30. The van der Waals surface area contributed by atoms with Gasteiger partial charge in [0.25, 0.3) is 0 Å². The zero-order valence-corrected chi connectivity index (χ0v) is 15.6. The topological polar surface area (TPSA) is 24.5 Å². The van der Waals surface area contributed by atoms with Gasteiger partial charge in [0.1, 0.15) is 5.82 Å². The molecule has 3 nitrogen and oxygen atoms in total. The number of rotatable bonds is 5. The van der Waals surface area contributed by atoms with Gasteiger partial charge < -0.3 is 10.1 Å². The second-order valence-corrected chi connectivity index (χ2v) is 7.63. The van der Waals surface area contributed by atoms with Crippen molar-refractivity contribution in [2.45, 2.75) is 25.0 Å². The molecule has 0 amide bonds. The largest absolute Gasteiger partial charge is 0.374 e. The van der Waals surface area contributed by atoms with Crippen LogP contribution in [0.1, 0.15) is 23.1 Å². The van der Waals surface area contributed by atoms with E-state index < -0.39 is 0 Å². The Bertz CT molecular complexity index is 758. The summed E-state index contributed by atoms with van der Waals surface area (Å²) in [6.07, 6.45) is 2.14. The minimum absolute atomic E-state index is 0.0875. The van der Waals surface area contributed by atoms with E-state index in [1.54, 1.807) is 6.07 Å². The second kappa shape index (κ2) is 7.65. The van der Waals surface area contributed by atoms with Crippen molar-refractivity contribution in [1.29, 1.82) is 0 Å². The van der Waals surface area contributed by atoms with E-state index in [9.17, 15) is 4.39 Å². The highest BCUT2D eigenvalue weighted by Crippen LogP contribution is 2.42. The Balaban J connectivity index is 1.54. The third-order valence-electron chi connectivity index (χ3n) is 5.58. The molecule has 1 fully saturated rings. The van der Waals surface area contributed by atoms with Crippen LogP contribution in [0.5, 0.6) is 0 Å². The molecule has 138 valence electrons. The molecular formula is C21H24ClFN2O. The number of aryl methyl sites for hydroxylation is 1. The van der Waals surface area contributed by atoms with Crippen LogP contribution in [0.4, 0.5) is 4.39 Å². The maximum absolute atomic E-state index is 13.6. The molecule has 0 spiro atoms. The van der Waals surface area contributed by atoms with Crippen LogP contribution in [0.25, 0.3) is 0 Å². The Labute approximate surface area is 159 Å². The fraction of sp³-hybridized carbons (Fsp3) is 0.429. The molecule has 2 aromatic rings. The monoisotopic (exact) mass is 374 g/mol. The fourth-order valence-electron chi connectivity index (χ4n) is 4.36. The van der Waals surface area contributed by atoms with Crippen molar-refractivity contribution in [2.24, 2.45) is 0 Å². The van der Waals surface area contributed by atoms with E-state index in [2.05, 4.69) is 34.5 Å². The van der Waals surface area contributed by atoms with Gasteiger partial charge in [-0.3, -0.25) is 4.90 Å². The molecule has 2 aromatic carbocycles. The summed E-state index contributed by atoms with van der Waals surface area (Å²) >= 11 is 5.96. The van der Waals surface area contributed by atoms with E-state index in [1.807, 2.05) is 0 Å². The lowest BCUT2D eigenvalue weighted by molar-refractivity contribution is -0.0240. The van der Waals surface area contributed by atoms with Gasteiger partial charge in [0, 0.05) is 31.2 Å². The molecule has 0 saturated carbocycles. The summed E-state index contributed by atoms with van der Waals surface area (Å²) < 4.78 is 19.7. The summed E-state index contributed by atoms with van der Waals surface area (Å²) in [5, 5.41) is 3.84. The first-order chi connectivity index (χ1) is 12.7. The van der Waals surface area contributed by atoms with Gasteiger partial charge in [-0.1, -0.05) is 35.9 Å². The Morgan fingerprint density at radius 3 is 2.77 bits per heavy atom. The van der Waals surface area contributed by atoms with Crippen LogP contribution in [0, 0.1) is 5.82 Å².